The zero-order valence-corrected chi connectivity index (χ0v) is 17.2. The van der Waals surface area contributed by atoms with Crippen LogP contribution in [0.3, 0.4) is 0 Å². The number of anilines is 2. The molecule has 9 nitrogen and oxygen atoms in total. The fourth-order valence-corrected chi connectivity index (χ4v) is 3.26. The molecule has 0 atom stereocenters. The third-order valence-corrected chi connectivity index (χ3v) is 4.75. The molecular weight excluding hydrogens is 392 g/mol. The first-order valence-corrected chi connectivity index (χ1v) is 9.98. The number of hydrogen-bond donors (Lipinski definition) is 2. The minimum atomic E-state index is -0.299. The van der Waals surface area contributed by atoms with Gasteiger partial charge >= 0.3 is 0 Å². The van der Waals surface area contributed by atoms with Crippen LogP contribution in [0, 0.1) is 0 Å². The van der Waals surface area contributed by atoms with Crippen LogP contribution in [0.1, 0.15) is 13.8 Å². The van der Waals surface area contributed by atoms with Crippen molar-refractivity contribution in [2.45, 2.75) is 25.5 Å². The summed E-state index contributed by atoms with van der Waals surface area (Å²) in [7, 11) is 0. The summed E-state index contributed by atoms with van der Waals surface area (Å²) in [5, 5.41) is 13.8. The van der Waals surface area contributed by atoms with E-state index in [0.29, 0.717) is 29.6 Å². The van der Waals surface area contributed by atoms with Crippen molar-refractivity contribution in [2.75, 3.05) is 29.5 Å². The number of aromatic nitrogens is 3. The lowest BCUT2D eigenvalue weighted by atomic mass is 10.2. The van der Waals surface area contributed by atoms with E-state index in [-0.39, 0.29) is 30.0 Å². The summed E-state index contributed by atoms with van der Waals surface area (Å²) in [6.07, 6.45) is 3.30. The van der Waals surface area contributed by atoms with E-state index in [4.69, 9.17) is 0 Å². The van der Waals surface area contributed by atoms with Gasteiger partial charge in [-0.1, -0.05) is 17.8 Å². The molecule has 0 spiro atoms. The lowest BCUT2D eigenvalue weighted by molar-refractivity contribution is -0.132. The molecule has 0 radical (unpaired) electrons. The first-order valence-electron chi connectivity index (χ1n) is 8.99. The van der Waals surface area contributed by atoms with Gasteiger partial charge in [-0.2, -0.15) is 0 Å². The zero-order chi connectivity index (χ0) is 21.2. The summed E-state index contributed by atoms with van der Waals surface area (Å²) in [4.78, 5) is 37.3. The Hall–Kier alpha value is -3.14. The Morgan fingerprint density at radius 3 is 2.45 bits per heavy atom. The molecule has 0 aliphatic heterocycles. The molecule has 0 saturated carbocycles. The van der Waals surface area contributed by atoms with Crippen LogP contribution in [-0.4, -0.2) is 56.2 Å². The number of nitrogens with one attached hydrogen (secondary N) is 2. The number of thioether (sulfide) groups is 1. The first kappa shape index (κ1) is 22.2. The number of benzene rings is 1. The van der Waals surface area contributed by atoms with E-state index in [9.17, 15) is 14.4 Å². The minimum Gasteiger partial charge on any atom is -0.333 e. The minimum absolute atomic E-state index is 0.0529. The van der Waals surface area contributed by atoms with E-state index in [0.717, 1.165) is 0 Å². The van der Waals surface area contributed by atoms with Crippen molar-refractivity contribution >= 4 is 40.9 Å². The van der Waals surface area contributed by atoms with Gasteiger partial charge in [0.05, 0.1) is 12.3 Å². The molecule has 2 rings (SSSR count). The maximum absolute atomic E-state index is 12.5. The van der Waals surface area contributed by atoms with Crippen molar-refractivity contribution in [3.05, 3.63) is 43.2 Å². The normalized spacial score (nSPS) is 10.3. The van der Waals surface area contributed by atoms with Gasteiger partial charge in [0.2, 0.25) is 17.7 Å². The van der Waals surface area contributed by atoms with Crippen LogP contribution in [0.4, 0.5) is 11.4 Å². The van der Waals surface area contributed by atoms with Crippen molar-refractivity contribution in [3.8, 4) is 0 Å². The Kier molecular flexibility index (Phi) is 8.41. The highest BCUT2D eigenvalue weighted by molar-refractivity contribution is 7.99. The number of carbonyl (C=O) groups is 3. The number of hydrogen-bond acceptors (Lipinski definition) is 6. The first-order chi connectivity index (χ1) is 13.9. The fraction of sp³-hybridized carbons (Fsp3) is 0.316. The highest BCUT2D eigenvalue weighted by Crippen LogP contribution is 2.16. The number of rotatable bonds is 10. The second-order valence-corrected chi connectivity index (χ2v) is 7.00. The Labute approximate surface area is 173 Å². The Morgan fingerprint density at radius 1 is 1.21 bits per heavy atom. The topological polar surface area (TPSA) is 109 Å². The van der Waals surface area contributed by atoms with Gasteiger partial charge < -0.3 is 20.1 Å². The molecule has 0 saturated heterocycles. The third kappa shape index (κ3) is 7.07. The zero-order valence-electron chi connectivity index (χ0n) is 16.4. The summed E-state index contributed by atoms with van der Waals surface area (Å²) in [5.74, 6) is -0.476. The van der Waals surface area contributed by atoms with Gasteiger partial charge in [-0.3, -0.25) is 14.4 Å². The molecule has 0 bridgehead atoms. The van der Waals surface area contributed by atoms with Gasteiger partial charge in [-0.25, -0.2) is 0 Å². The van der Waals surface area contributed by atoms with Crippen molar-refractivity contribution in [3.63, 3.8) is 0 Å². The molecule has 1 aromatic carbocycles. The van der Waals surface area contributed by atoms with E-state index < -0.39 is 0 Å². The lowest BCUT2D eigenvalue weighted by Gasteiger charge is -2.20. The van der Waals surface area contributed by atoms with Crippen LogP contribution in [-0.2, 0) is 20.9 Å². The molecule has 0 fully saturated rings. The van der Waals surface area contributed by atoms with E-state index >= 15 is 0 Å². The molecule has 2 N–H and O–H groups in total. The van der Waals surface area contributed by atoms with Crippen LogP contribution in [0.5, 0.6) is 0 Å². The summed E-state index contributed by atoms with van der Waals surface area (Å²) in [6, 6.07) is 6.75. The summed E-state index contributed by atoms with van der Waals surface area (Å²) < 4.78 is 1.79. The van der Waals surface area contributed by atoms with E-state index in [1.165, 1.54) is 23.6 Å². The average molecular weight is 417 g/mol. The van der Waals surface area contributed by atoms with Crippen LogP contribution in [0.25, 0.3) is 0 Å². The maximum atomic E-state index is 12.5. The monoisotopic (exact) mass is 416 g/mol. The van der Waals surface area contributed by atoms with Crippen molar-refractivity contribution in [1.82, 2.24) is 19.7 Å². The number of nitrogens with zero attached hydrogens (tertiary/aromatic N) is 4. The molecule has 1 aromatic heterocycles. The summed E-state index contributed by atoms with van der Waals surface area (Å²) in [5.41, 5.74) is 1.22. The van der Waals surface area contributed by atoms with E-state index in [1.807, 2.05) is 6.92 Å². The van der Waals surface area contributed by atoms with Gasteiger partial charge in [-0.15, -0.1) is 16.8 Å². The highest BCUT2D eigenvalue weighted by Gasteiger charge is 2.17. The number of likely N-dealkylation sites (N-methyl/N-ethyl adjacent to an activating group) is 1. The van der Waals surface area contributed by atoms with E-state index in [1.54, 1.807) is 41.2 Å². The second-order valence-electron chi connectivity index (χ2n) is 6.06. The standard InChI is InChI=1S/C19H24N6O3S/c1-4-10-25-13-20-23-19(25)29-12-18(28)24(5-2)11-17(27)22-16-8-6-15(7-9-16)21-14(3)26/h4,6-9,13H,1,5,10-12H2,2-3H3,(H,21,26)(H,22,27). The molecule has 2 aromatic rings. The van der Waals surface area contributed by atoms with Crippen LogP contribution < -0.4 is 10.6 Å². The smallest absolute Gasteiger partial charge is 0.243 e. The Balaban J connectivity index is 1.86. The quantitative estimate of drug-likeness (QED) is 0.453. The molecule has 154 valence electrons. The molecule has 0 aliphatic rings. The van der Waals surface area contributed by atoms with Crippen molar-refractivity contribution in [2.24, 2.45) is 0 Å². The van der Waals surface area contributed by atoms with Gasteiger partial charge in [0.15, 0.2) is 5.16 Å². The SMILES string of the molecule is C=CCn1cnnc1SCC(=O)N(CC)CC(=O)Nc1ccc(NC(C)=O)cc1. The molecule has 29 heavy (non-hydrogen) atoms. The summed E-state index contributed by atoms with van der Waals surface area (Å²) >= 11 is 1.27. The molecule has 10 heteroatoms. The third-order valence-electron chi connectivity index (χ3n) is 3.79. The van der Waals surface area contributed by atoms with Gasteiger partial charge in [0.1, 0.15) is 6.33 Å². The van der Waals surface area contributed by atoms with Crippen molar-refractivity contribution < 1.29 is 14.4 Å². The van der Waals surface area contributed by atoms with Crippen LogP contribution >= 0.6 is 11.8 Å². The van der Waals surface area contributed by atoms with Crippen LogP contribution in [0.15, 0.2) is 48.4 Å². The predicted molar refractivity (Wildman–Crippen MR) is 113 cm³/mol. The van der Waals surface area contributed by atoms with Gasteiger partial charge in [0.25, 0.3) is 0 Å². The second kappa shape index (κ2) is 11.0. The maximum Gasteiger partial charge on any atom is 0.243 e. The molecular formula is C19H24N6O3S. The lowest BCUT2D eigenvalue weighted by Crippen LogP contribution is -2.38. The number of allylic oxidation sites excluding steroid dienone is 1. The molecule has 0 aliphatic carbocycles. The predicted octanol–water partition coefficient (Wildman–Crippen LogP) is 2.00. The van der Waals surface area contributed by atoms with Crippen molar-refractivity contribution in [1.29, 1.82) is 0 Å². The number of amides is 3. The van der Waals surface area contributed by atoms with Gasteiger partial charge in [-0.05, 0) is 31.2 Å². The molecule has 3 amide bonds. The van der Waals surface area contributed by atoms with E-state index in [2.05, 4.69) is 27.4 Å². The van der Waals surface area contributed by atoms with Gasteiger partial charge in [0, 0.05) is 31.4 Å². The molecule has 1 heterocycles. The largest absolute Gasteiger partial charge is 0.333 e. The Bertz CT molecular complexity index is 865. The van der Waals surface area contributed by atoms with Crippen LogP contribution in [0.2, 0.25) is 0 Å². The highest BCUT2D eigenvalue weighted by atomic mass is 32.2. The Morgan fingerprint density at radius 2 is 1.86 bits per heavy atom. The average Bonchev–Trinajstić information content (AvgIpc) is 3.13. The summed E-state index contributed by atoms with van der Waals surface area (Å²) in [6.45, 7) is 7.83. The number of carbonyl (C=O) groups excluding carboxylic acids is 3. The molecule has 0 unspecified atom stereocenters. The fourth-order valence-electron chi connectivity index (χ4n) is 2.43.